The number of aliphatic hydroxyl groups is 1. The number of nitrogens with one attached hydrogen (secondary N) is 2. The lowest BCUT2D eigenvalue weighted by atomic mass is 10.0. The molecule has 16 heavy (non-hydrogen) atoms. The van der Waals surface area contributed by atoms with Gasteiger partial charge in [-0.15, -0.1) is 0 Å². The van der Waals surface area contributed by atoms with E-state index in [4.69, 9.17) is 0 Å². The number of carbonyl (C=O) groups is 1. The minimum Gasteiger partial charge on any atom is -0.388 e. The van der Waals surface area contributed by atoms with Gasteiger partial charge in [0, 0.05) is 13.0 Å². The molecule has 4 heteroatoms. The maximum atomic E-state index is 11.5. The summed E-state index contributed by atoms with van der Waals surface area (Å²) in [6.07, 6.45) is 3.36. The van der Waals surface area contributed by atoms with Crippen molar-refractivity contribution in [3.05, 3.63) is 0 Å². The van der Waals surface area contributed by atoms with Gasteiger partial charge in [-0.1, -0.05) is 6.92 Å². The van der Waals surface area contributed by atoms with Gasteiger partial charge in [-0.3, -0.25) is 4.79 Å². The van der Waals surface area contributed by atoms with Crippen LogP contribution in [0.5, 0.6) is 0 Å². The van der Waals surface area contributed by atoms with E-state index in [1.807, 2.05) is 6.92 Å². The third kappa shape index (κ3) is 4.94. The summed E-state index contributed by atoms with van der Waals surface area (Å²) in [6.45, 7) is 6.13. The molecule has 0 radical (unpaired) electrons. The van der Waals surface area contributed by atoms with Gasteiger partial charge in [-0.2, -0.15) is 0 Å². The van der Waals surface area contributed by atoms with Crippen molar-refractivity contribution < 1.29 is 9.90 Å². The molecule has 4 nitrogen and oxygen atoms in total. The predicted molar refractivity (Wildman–Crippen MR) is 64.1 cm³/mol. The summed E-state index contributed by atoms with van der Waals surface area (Å²) in [5.74, 6) is 0.707. The van der Waals surface area contributed by atoms with E-state index in [0.29, 0.717) is 25.3 Å². The summed E-state index contributed by atoms with van der Waals surface area (Å²) in [5.41, 5.74) is -0.773. The fraction of sp³-hybridized carbons (Fsp3) is 0.917. The van der Waals surface area contributed by atoms with E-state index in [2.05, 4.69) is 10.6 Å². The Morgan fingerprint density at radius 1 is 1.62 bits per heavy atom. The maximum absolute atomic E-state index is 11.5. The first-order valence-electron chi connectivity index (χ1n) is 6.23. The van der Waals surface area contributed by atoms with E-state index >= 15 is 0 Å². The molecule has 1 fully saturated rings. The lowest BCUT2D eigenvalue weighted by Gasteiger charge is -2.21. The highest BCUT2D eigenvalue weighted by Crippen LogP contribution is 2.14. The summed E-state index contributed by atoms with van der Waals surface area (Å²) in [4.78, 5) is 11.5. The highest BCUT2D eigenvalue weighted by Gasteiger charge is 2.19. The number of carbonyl (C=O) groups excluding carboxylic acids is 1. The molecule has 1 saturated heterocycles. The second-order valence-corrected chi connectivity index (χ2v) is 5.02. The van der Waals surface area contributed by atoms with Crippen LogP contribution in [0.2, 0.25) is 0 Å². The quantitative estimate of drug-likeness (QED) is 0.625. The van der Waals surface area contributed by atoms with E-state index in [0.717, 1.165) is 19.5 Å². The molecule has 1 aliphatic heterocycles. The molecular formula is C12H24N2O2. The molecule has 1 amide bonds. The van der Waals surface area contributed by atoms with Crippen LogP contribution in [0.4, 0.5) is 0 Å². The first-order chi connectivity index (χ1) is 7.53. The Kier molecular flexibility index (Phi) is 5.22. The van der Waals surface area contributed by atoms with Gasteiger partial charge >= 0.3 is 0 Å². The standard InChI is InChI=1S/C12H24N2O2/c1-3-12(2,16)9-14-11(15)5-4-10-6-7-13-8-10/h10,13,16H,3-9H2,1-2H3,(H,14,15). The van der Waals surface area contributed by atoms with Gasteiger partial charge in [0.25, 0.3) is 0 Å². The molecule has 0 bridgehead atoms. The number of hydrogen-bond acceptors (Lipinski definition) is 3. The van der Waals surface area contributed by atoms with Gasteiger partial charge in [0.2, 0.25) is 5.91 Å². The summed E-state index contributed by atoms with van der Waals surface area (Å²) in [5, 5.41) is 15.8. The van der Waals surface area contributed by atoms with Crippen LogP contribution in [-0.4, -0.2) is 36.2 Å². The van der Waals surface area contributed by atoms with Crippen molar-refractivity contribution in [3.8, 4) is 0 Å². The zero-order chi connectivity index (χ0) is 12.0. The normalized spacial score (nSPS) is 24.1. The zero-order valence-corrected chi connectivity index (χ0v) is 10.4. The van der Waals surface area contributed by atoms with Crippen molar-refractivity contribution in [2.24, 2.45) is 5.92 Å². The summed E-state index contributed by atoms with van der Waals surface area (Å²) in [7, 11) is 0. The van der Waals surface area contributed by atoms with E-state index in [1.165, 1.54) is 6.42 Å². The second-order valence-electron chi connectivity index (χ2n) is 5.02. The van der Waals surface area contributed by atoms with Crippen LogP contribution in [0, 0.1) is 5.92 Å². The molecule has 0 aromatic heterocycles. The van der Waals surface area contributed by atoms with Gasteiger partial charge in [-0.25, -0.2) is 0 Å². The fourth-order valence-electron chi connectivity index (χ4n) is 1.80. The Morgan fingerprint density at radius 2 is 2.38 bits per heavy atom. The molecule has 94 valence electrons. The molecule has 0 aromatic rings. The van der Waals surface area contributed by atoms with Crippen molar-refractivity contribution in [2.45, 2.75) is 45.1 Å². The first-order valence-corrected chi connectivity index (χ1v) is 6.23. The van der Waals surface area contributed by atoms with Crippen LogP contribution in [0.3, 0.4) is 0 Å². The Balaban J connectivity index is 2.10. The number of amides is 1. The molecule has 1 rings (SSSR count). The minimum absolute atomic E-state index is 0.0561. The van der Waals surface area contributed by atoms with Crippen molar-refractivity contribution in [3.63, 3.8) is 0 Å². The van der Waals surface area contributed by atoms with Gasteiger partial charge in [-0.05, 0) is 45.2 Å². The van der Waals surface area contributed by atoms with Crippen molar-refractivity contribution in [1.82, 2.24) is 10.6 Å². The van der Waals surface area contributed by atoms with E-state index in [-0.39, 0.29) is 5.91 Å². The van der Waals surface area contributed by atoms with E-state index < -0.39 is 5.60 Å². The Morgan fingerprint density at radius 3 is 2.94 bits per heavy atom. The lowest BCUT2D eigenvalue weighted by Crippen LogP contribution is -2.40. The van der Waals surface area contributed by atoms with Crippen LogP contribution in [0.1, 0.15) is 39.5 Å². The molecule has 0 aromatic carbocycles. The monoisotopic (exact) mass is 228 g/mol. The molecular weight excluding hydrogens is 204 g/mol. The van der Waals surface area contributed by atoms with Crippen LogP contribution in [0.25, 0.3) is 0 Å². The van der Waals surface area contributed by atoms with Crippen LogP contribution < -0.4 is 10.6 Å². The maximum Gasteiger partial charge on any atom is 0.220 e. The third-order valence-electron chi connectivity index (χ3n) is 3.37. The van der Waals surface area contributed by atoms with Gasteiger partial charge in [0.05, 0.1) is 5.60 Å². The Hall–Kier alpha value is -0.610. The molecule has 0 aliphatic carbocycles. The van der Waals surface area contributed by atoms with Crippen molar-refractivity contribution in [1.29, 1.82) is 0 Å². The molecule has 2 atom stereocenters. The second kappa shape index (κ2) is 6.21. The van der Waals surface area contributed by atoms with Crippen molar-refractivity contribution >= 4 is 5.91 Å². The molecule has 1 aliphatic rings. The van der Waals surface area contributed by atoms with E-state index in [9.17, 15) is 9.90 Å². The average molecular weight is 228 g/mol. The van der Waals surface area contributed by atoms with Gasteiger partial charge < -0.3 is 15.7 Å². The summed E-state index contributed by atoms with van der Waals surface area (Å²) in [6, 6.07) is 0. The molecule has 2 unspecified atom stereocenters. The number of rotatable bonds is 6. The highest BCUT2D eigenvalue weighted by molar-refractivity contribution is 5.75. The third-order valence-corrected chi connectivity index (χ3v) is 3.37. The minimum atomic E-state index is -0.773. The molecule has 0 saturated carbocycles. The van der Waals surface area contributed by atoms with Crippen LogP contribution in [-0.2, 0) is 4.79 Å². The fourth-order valence-corrected chi connectivity index (χ4v) is 1.80. The lowest BCUT2D eigenvalue weighted by molar-refractivity contribution is -0.122. The van der Waals surface area contributed by atoms with E-state index in [1.54, 1.807) is 6.92 Å². The Bertz CT molecular complexity index is 223. The van der Waals surface area contributed by atoms with Crippen molar-refractivity contribution in [2.75, 3.05) is 19.6 Å². The van der Waals surface area contributed by atoms with Gasteiger partial charge in [0.1, 0.15) is 0 Å². The number of hydrogen-bond donors (Lipinski definition) is 3. The average Bonchev–Trinajstić information content (AvgIpc) is 2.76. The smallest absolute Gasteiger partial charge is 0.220 e. The van der Waals surface area contributed by atoms with Gasteiger partial charge in [0.15, 0.2) is 0 Å². The molecule has 3 N–H and O–H groups in total. The van der Waals surface area contributed by atoms with Crippen LogP contribution in [0.15, 0.2) is 0 Å². The Labute approximate surface area is 97.8 Å². The SMILES string of the molecule is CCC(C)(O)CNC(=O)CCC1CCNC1. The highest BCUT2D eigenvalue weighted by atomic mass is 16.3. The predicted octanol–water partition coefficient (Wildman–Crippen LogP) is 0.653. The molecule has 0 spiro atoms. The topological polar surface area (TPSA) is 61.4 Å². The first kappa shape index (κ1) is 13.5. The summed E-state index contributed by atoms with van der Waals surface area (Å²) >= 11 is 0. The molecule has 1 heterocycles. The summed E-state index contributed by atoms with van der Waals surface area (Å²) < 4.78 is 0. The zero-order valence-electron chi connectivity index (χ0n) is 10.4. The van der Waals surface area contributed by atoms with Crippen LogP contribution >= 0.6 is 0 Å². The largest absolute Gasteiger partial charge is 0.388 e.